The molecule has 0 bridgehead atoms. The minimum absolute atomic E-state index is 0.114. The number of rotatable bonds is 6. The van der Waals surface area contributed by atoms with Crippen LogP contribution in [0.3, 0.4) is 0 Å². The smallest absolute Gasteiger partial charge is 0.251 e. The summed E-state index contributed by atoms with van der Waals surface area (Å²) in [7, 11) is -3.63. The molecule has 1 aromatic carbocycles. The molecule has 0 saturated heterocycles. The minimum Gasteiger partial charge on any atom is -0.345 e. The van der Waals surface area contributed by atoms with Gasteiger partial charge in [-0.1, -0.05) is 0 Å². The Morgan fingerprint density at radius 3 is 2.48 bits per heavy atom. The summed E-state index contributed by atoms with van der Waals surface area (Å²) in [6, 6.07) is 6.18. The first-order valence-corrected chi connectivity index (χ1v) is 10.5. The molecule has 2 aromatic rings. The van der Waals surface area contributed by atoms with Crippen molar-refractivity contribution in [2.45, 2.75) is 56.6 Å². The van der Waals surface area contributed by atoms with Crippen molar-refractivity contribution in [2.24, 2.45) is 0 Å². The quantitative estimate of drug-likeness (QED) is 0.634. The van der Waals surface area contributed by atoms with Gasteiger partial charge in [-0.3, -0.25) is 14.5 Å². The van der Waals surface area contributed by atoms with Crippen molar-refractivity contribution in [2.75, 3.05) is 0 Å². The van der Waals surface area contributed by atoms with Crippen molar-refractivity contribution >= 4 is 28.1 Å². The van der Waals surface area contributed by atoms with E-state index in [4.69, 9.17) is 12.2 Å². The monoisotopic (exact) mass is 409 g/mol. The third kappa shape index (κ3) is 4.82. The summed E-state index contributed by atoms with van der Waals surface area (Å²) in [6.07, 6.45) is 2.13. The van der Waals surface area contributed by atoms with Crippen LogP contribution in [0.5, 0.6) is 0 Å². The molecule has 27 heavy (non-hydrogen) atoms. The Labute approximate surface area is 163 Å². The topological polar surface area (TPSA) is 109 Å². The number of hydrogen-bond donors (Lipinski definition) is 3. The molecular formula is C17H23N5O3S2. The number of carbonyl (C=O) groups is 1. The van der Waals surface area contributed by atoms with Gasteiger partial charge in [-0.2, -0.15) is 5.10 Å². The molecule has 3 N–H and O–H groups in total. The van der Waals surface area contributed by atoms with E-state index >= 15 is 0 Å². The molecule has 1 fully saturated rings. The van der Waals surface area contributed by atoms with Gasteiger partial charge in [0.05, 0.1) is 11.4 Å². The predicted molar refractivity (Wildman–Crippen MR) is 103 cm³/mol. The first-order valence-electron chi connectivity index (χ1n) is 8.65. The number of amides is 1. The molecular weight excluding hydrogens is 386 g/mol. The lowest BCUT2D eigenvalue weighted by Gasteiger charge is -2.20. The van der Waals surface area contributed by atoms with E-state index < -0.39 is 15.6 Å². The highest BCUT2D eigenvalue weighted by Crippen LogP contribution is 2.35. The largest absolute Gasteiger partial charge is 0.345 e. The summed E-state index contributed by atoms with van der Waals surface area (Å²) in [6.45, 7) is 5.55. The number of nitrogens with zero attached hydrogens (tertiary/aromatic N) is 2. The normalized spacial score (nSPS) is 14.9. The van der Waals surface area contributed by atoms with Gasteiger partial charge < -0.3 is 5.32 Å². The van der Waals surface area contributed by atoms with Gasteiger partial charge in [-0.05, 0) is 70.1 Å². The van der Waals surface area contributed by atoms with Crippen LogP contribution in [0.1, 0.15) is 55.8 Å². The van der Waals surface area contributed by atoms with Crippen LogP contribution in [0.2, 0.25) is 0 Å². The van der Waals surface area contributed by atoms with Gasteiger partial charge in [-0.15, -0.1) is 0 Å². The van der Waals surface area contributed by atoms with E-state index in [0.29, 0.717) is 22.2 Å². The number of hydrogen-bond acceptors (Lipinski definition) is 5. The predicted octanol–water partition coefficient (Wildman–Crippen LogP) is 2.28. The number of sulfonamides is 1. The van der Waals surface area contributed by atoms with Crippen LogP contribution in [-0.2, 0) is 16.6 Å². The van der Waals surface area contributed by atoms with E-state index in [2.05, 4.69) is 20.2 Å². The van der Waals surface area contributed by atoms with E-state index in [9.17, 15) is 13.2 Å². The average Bonchev–Trinajstić information content (AvgIpc) is 3.33. The number of nitrogens with one attached hydrogen (secondary N) is 3. The molecule has 0 radical (unpaired) electrons. The molecule has 1 heterocycles. The standard InChI is InChI=1S/C17H23N5O3S2/c1-17(2,3)21-27(24,25)13-8-4-11(5-9-13)15(23)18-10-14-19-20-16(26)22(14)12-6-7-12/h4-5,8-9,12,21H,6-7,10H2,1-3H3,(H,18,23)(H,20,26). The first-order chi connectivity index (χ1) is 12.6. The molecule has 1 saturated carbocycles. The zero-order valence-electron chi connectivity index (χ0n) is 15.4. The summed E-state index contributed by atoms with van der Waals surface area (Å²) < 4.78 is 29.7. The fraction of sp³-hybridized carbons (Fsp3) is 0.471. The summed E-state index contributed by atoms with van der Waals surface area (Å²) >= 11 is 5.22. The Hall–Kier alpha value is -2.04. The Morgan fingerprint density at radius 1 is 1.30 bits per heavy atom. The van der Waals surface area contributed by atoms with E-state index in [1.165, 1.54) is 24.3 Å². The van der Waals surface area contributed by atoms with E-state index in [1.54, 1.807) is 20.8 Å². The van der Waals surface area contributed by atoms with Crippen molar-refractivity contribution < 1.29 is 13.2 Å². The van der Waals surface area contributed by atoms with Gasteiger partial charge in [0, 0.05) is 17.1 Å². The SMILES string of the molecule is CC(C)(C)NS(=O)(=O)c1ccc(C(=O)NCc2n[nH]c(=S)n2C2CC2)cc1. The van der Waals surface area contributed by atoms with Crippen molar-refractivity contribution in [3.8, 4) is 0 Å². The zero-order chi connectivity index (χ0) is 19.8. The molecule has 3 rings (SSSR count). The van der Waals surface area contributed by atoms with Crippen LogP contribution in [0.25, 0.3) is 0 Å². The van der Waals surface area contributed by atoms with Gasteiger partial charge in [0.25, 0.3) is 5.91 Å². The summed E-state index contributed by atoms with van der Waals surface area (Å²) in [4.78, 5) is 12.5. The third-order valence-corrected chi connectivity index (χ3v) is 6.03. The molecule has 1 aromatic heterocycles. The molecule has 10 heteroatoms. The summed E-state index contributed by atoms with van der Waals surface area (Å²) in [5.74, 6) is 0.378. The Bertz CT molecular complexity index is 996. The van der Waals surface area contributed by atoms with Crippen LogP contribution in [0.15, 0.2) is 29.2 Å². The van der Waals surface area contributed by atoms with Gasteiger partial charge >= 0.3 is 0 Å². The van der Waals surface area contributed by atoms with E-state index in [-0.39, 0.29) is 17.3 Å². The first kappa shape index (κ1) is 19.7. The minimum atomic E-state index is -3.63. The van der Waals surface area contributed by atoms with Crippen LogP contribution < -0.4 is 10.0 Å². The van der Waals surface area contributed by atoms with E-state index in [1.807, 2.05) is 4.57 Å². The second-order valence-electron chi connectivity index (χ2n) is 7.61. The third-order valence-electron chi connectivity index (χ3n) is 3.96. The lowest BCUT2D eigenvalue weighted by Crippen LogP contribution is -2.40. The lowest BCUT2D eigenvalue weighted by atomic mass is 10.1. The number of H-pyrrole nitrogens is 1. The van der Waals surface area contributed by atoms with Gasteiger partial charge in [0.2, 0.25) is 10.0 Å². The fourth-order valence-corrected chi connectivity index (χ4v) is 4.40. The Kier molecular flexibility index (Phi) is 5.24. The molecule has 1 aliphatic rings. The van der Waals surface area contributed by atoms with Crippen LogP contribution >= 0.6 is 12.2 Å². The summed E-state index contributed by atoms with van der Waals surface area (Å²) in [5.41, 5.74) is -0.212. The van der Waals surface area contributed by atoms with Crippen molar-refractivity contribution in [1.82, 2.24) is 24.8 Å². The second kappa shape index (κ2) is 7.17. The molecule has 1 amide bonds. The fourth-order valence-electron chi connectivity index (χ4n) is 2.68. The zero-order valence-corrected chi connectivity index (χ0v) is 17.1. The van der Waals surface area contributed by atoms with Gasteiger partial charge in [0.15, 0.2) is 10.6 Å². The van der Waals surface area contributed by atoms with Gasteiger partial charge in [-0.25, -0.2) is 13.1 Å². The highest BCUT2D eigenvalue weighted by Gasteiger charge is 2.27. The second-order valence-corrected chi connectivity index (χ2v) is 9.68. The highest BCUT2D eigenvalue weighted by molar-refractivity contribution is 7.89. The van der Waals surface area contributed by atoms with Crippen LogP contribution in [0, 0.1) is 4.77 Å². The maximum absolute atomic E-state index is 12.4. The van der Waals surface area contributed by atoms with Crippen molar-refractivity contribution in [1.29, 1.82) is 0 Å². The molecule has 1 aliphatic carbocycles. The van der Waals surface area contributed by atoms with Crippen molar-refractivity contribution in [3.05, 3.63) is 40.4 Å². The maximum Gasteiger partial charge on any atom is 0.251 e. The van der Waals surface area contributed by atoms with E-state index in [0.717, 1.165) is 12.8 Å². The Morgan fingerprint density at radius 2 is 1.93 bits per heavy atom. The summed E-state index contributed by atoms with van der Waals surface area (Å²) in [5, 5.41) is 9.72. The molecule has 0 atom stereocenters. The van der Waals surface area contributed by atoms with Crippen LogP contribution in [0.4, 0.5) is 0 Å². The molecule has 0 spiro atoms. The maximum atomic E-state index is 12.4. The Balaban J connectivity index is 1.67. The number of aromatic nitrogens is 3. The van der Waals surface area contributed by atoms with Gasteiger partial charge in [0.1, 0.15) is 0 Å². The molecule has 0 aliphatic heterocycles. The van der Waals surface area contributed by atoms with Crippen LogP contribution in [-0.4, -0.2) is 34.6 Å². The molecule has 146 valence electrons. The number of benzene rings is 1. The number of carbonyl (C=O) groups excluding carboxylic acids is 1. The highest BCUT2D eigenvalue weighted by atomic mass is 32.2. The molecule has 8 nitrogen and oxygen atoms in total. The number of aromatic amines is 1. The average molecular weight is 410 g/mol. The molecule has 0 unspecified atom stereocenters. The van der Waals surface area contributed by atoms with Crippen molar-refractivity contribution in [3.63, 3.8) is 0 Å². The lowest BCUT2D eigenvalue weighted by molar-refractivity contribution is 0.0949.